The Kier molecular flexibility index (Phi) is 10.6. The van der Waals surface area contributed by atoms with Crippen LogP contribution in [0, 0.1) is 5.92 Å². The van der Waals surface area contributed by atoms with E-state index < -0.39 is 0 Å². The number of nitrogens with zero attached hydrogens (tertiary/aromatic N) is 6. The Morgan fingerprint density at radius 1 is 1.20 bits per heavy atom. The normalized spacial score (nSPS) is 15.8. The molecule has 3 heterocycles. The van der Waals surface area contributed by atoms with Crippen LogP contribution in [-0.2, 0) is 7.05 Å². The molecule has 9 nitrogen and oxygen atoms in total. The van der Waals surface area contributed by atoms with Crippen LogP contribution in [0.15, 0.2) is 17.5 Å². The number of nitrogens with one attached hydrogen (secondary N) is 3. The van der Waals surface area contributed by atoms with E-state index in [4.69, 9.17) is 4.99 Å². The van der Waals surface area contributed by atoms with Gasteiger partial charge >= 0.3 is 0 Å². The maximum Gasteiger partial charge on any atom is 0.191 e. The average Bonchev–Trinajstić information content (AvgIpc) is 3.11. The zero-order chi connectivity index (χ0) is 20.5. The molecule has 1 saturated heterocycles. The fourth-order valence-electron chi connectivity index (χ4n) is 3.58. The minimum absolute atomic E-state index is 0. The van der Waals surface area contributed by atoms with E-state index >= 15 is 0 Å². The molecule has 0 amide bonds. The highest BCUT2D eigenvalue weighted by Crippen LogP contribution is 2.17. The lowest BCUT2D eigenvalue weighted by Gasteiger charge is -2.29. The van der Waals surface area contributed by atoms with Gasteiger partial charge in [-0.15, -0.1) is 24.0 Å². The Morgan fingerprint density at radius 3 is 2.77 bits per heavy atom. The van der Waals surface area contributed by atoms with Gasteiger partial charge in [0.15, 0.2) is 11.6 Å². The van der Waals surface area contributed by atoms with E-state index in [1.54, 1.807) is 17.2 Å². The number of anilines is 1. The lowest BCUT2D eigenvalue weighted by atomic mass is 9.99. The van der Waals surface area contributed by atoms with Gasteiger partial charge in [0, 0.05) is 33.2 Å². The number of halogens is 1. The summed E-state index contributed by atoms with van der Waals surface area (Å²) in [4.78, 5) is 15.9. The highest BCUT2D eigenvalue weighted by atomic mass is 127. The molecule has 0 aliphatic carbocycles. The van der Waals surface area contributed by atoms with Crippen molar-refractivity contribution in [2.45, 2.75) is 33.1 Å². The molecule has 0 unspecified atom stereocenters. The second kappa shape index (κ2) is 12.9. The molecular formula is C20H36IN9. The summed E-state index contributed by atoms with van der Waals surface area (Å²) in [7, 11) is 1.88. The molecule has 3 N–H and O–H groups in total. The van der Waals surface area contributed by atoms with E-state index in [9.17, 15) is 0 Å². The van der Waals surface area contributed by atoms with Gasteiger partial charge in [0.1, 0.15) is 12.1 Å². The Morgan fingerprint density at radius 2 is 2.00 bits per heavy atom. The molecule has 168 valence electrons. The van der Waals surface area contributed by atoms with Crippen LogP contribution < -0.4 is 16.0 Å². The van der Waals surface area contributed by atoms with E-state index in [2.05, 4.69) is 49.8 Å². The van der Waals surface area contributed by atoms with Crippen molar-refractivity contribution in [2.24, 2.45) is 18.0 Å². The van der Waals surface area contributed by atoms with Crippen LogP contribution in [0.1, 0.15) is 33.1 Å². The van der Waals surface area contributed by atoms with Crippen LogP contribution in [0.5, 0.6) is 0 Å². The summed E-state index contributed by atoms with van der Waals surface area (Å²) in [5.41, 5.74) is 0.827. The lowest BCUT2D eigenvalue weighted by molar-refractivity contribution is 0.192. The number of rotatable bonds is 9. The number of fused-ring (bicyclic) bond motifs is 1. The zero-order valence-electron chi connectivity index (χ0n) is 18.4. The lowest BCUT2D eigenvalue weighted by Crippen LogP contribution is -2.40. The molecule has 2 aromatic rings. The standard InChI is InChI=1S/C20H35N9.HI/c1-4-21-20(23-8-5-11-29-12-6-16(2)7-13-29)24-10-9-22-18-17-14-27-28(3)19(17)26-15-25-18;/h14-16H,4-13H2,1-3H3,(H2,21,23,24)(H,22,25,26);1H. The number of aromatic nitrogens is 4. The number of likely N-dealkylation sites (tertiary alicyclic amines) is 1. The Bertz CT molecular complexity index is 784. The van der Waals surface area contributed by atoms with Crippen molar-refractivity contribution in [3.63, 3.8) is 0 Å². The number of piperidine rings is 1. The molecule has 0 bridgehead atoms. The van der Waals surface area contributed by atoms with E-state index in [-0.39, 0.29) is 24.0 Å². The second-order valence-corrected chi connectivity index (χ2v) is 7.72. The summed E-state index contributed by atoms with van der Waals surface area (Å²) in [5.74, 6) is 2.57. The van der Waals surface area contributed by atoms with Gasteiger partial charge in [0.2, 0.25) is 0 Å². The van der Waals surface area contributed by atoms with Gasteiger partial charge in [-0.1, -0.05) is 6.92 Å². The van der Waals surface area contributed by atoms with E-state index in [1.807, 2.05) is 7.05 Å². The molecule has 0 aromatic carbocycles. The third kappa shape index (κ3) is 7.22. The molecular weight excluding hydrogens is 493 g/mol. The highest BCUT2D eigenvalue weighted by Gasteiger charge is 2.14. The zero-order valence-corrected chi connectivity index (χ0v) is 20.7. The van der Waals surface area contributed by atoms with E-state index in [0.717, 1.165) is 67.9 Å². The van der Waals surface area contributed by atoms with Crippen LogP contribution in [0.2, 0.25) is 0 Å². The first kappa shape index (κ1) is 24.6. The van der Waals surface area contributed by atoms with E-state index in [0.29, 0.717) is 0 Å². The Hall–Kier alpha value is -1.69. The third-order valence-electron chi connectivity index (χ3n) is 5.36. The smallest absolute Gasteiger partial charge is 0.191 e. The molecule has 30 heavy (non-hydrogen) atoms. The summed E-state index contributed by atoms with van der Waals surface area (Å²) in [5, 5.41) is 15.2. The third-order valence-corrected chi connectivity index (χ3v) is 5.36. The van der Waals surface area contributed by atoms with E-state index in [1.165, 1.54) is 25.9 Å². The minimum Gasteiger partial charge on any atom is -0.368 e. The highest BCUT2D eigenvalue weighted by molar-refractivity contribution is 14.0. The molecule has 1 aliphatic rings. The predicted molar refractivity (Wildman–Crippen MR) is 134 cm³/mol. The molecule has 1 aliphatic heterocycles. The van der Waals surface area contributed by atoms with Gasteiger partial charge in [0.25, 0.3) is 0 Å². The van der Waals surface area contributed by atoms with Crippen molar-refractivity contribution >= 4 is 46.8 Å². The summed E-state index contributed by atoms with van der Waals surface area (Å²) < 4.78 is 1.75. The van der Waals surface area contributed by atoms with Crippen LogP contribution in [0.3, 0.4) is 0 Å². The molecule has 10 heteroatoms. The molecule has 0 atom stereocenters. The van der Waals surface area contributed by atoms with Crippen molar-refractivity contribution in [3.05, 3.63) is 12.5 Å². The second-order valence-electron chi connectivity index (χ2n) is 7.72. The van der Waals surface area contributed by atoms with Gasteiger partial charge < -0.3 is 20.9 Å². The first-order chi connectivity index (χ1) is 14.2. The Labute approximate surface area is 196 Å². The molecule has 3 rings (SSSR count). The number of aliphatic imine (C=N–C) groups is 1. The number of hydrogen-bond acceptors (Lipinski definition) is 6. The van der Waals surface area contributed by atoms with Crippen LogP contribution >= 0.6 is 24.0 Å². The SMILES string of the molecule is CCNC(=NCCCN1CCC(C)CC1)NCCNc1ncnc2c1cnn2C.I. The Balaban J connectivity index is 0.00000320. The van der Waals surface area contributed by atoms with Crippen molar-refractivity contribution < 1.29 is 0 Å². The fraction of sp³-hybridized carbons (Fsp3) is 0.700. The summed E-state index contributed by atoms with van der Waals surface area (Å²) in [6, 6.07) is 0. The molecule has 0 spiro atoms. The average molecular weight is 529 g/mol. The number of aryl methyl sites for hydroxylation is 1. The van der Waals surface area contributed by atoms with Crippen molar-refractivity contribution in [3.8, 4) is 0 Å². The fourth-order valence-corrected chi connectivity index (χ4v) is 3.58. The monoisotopic (exact) mass is 529 g/mol. The summed E-state index contributed by atoms with van der Waals surface area (Å²) >= 11 is 0. The van der Waals surface area contributed by atoms with Gasteiger partial charge in [0.05, 0.1) is 11.6 Å². The number of hydrogen-bond donors (Lipinski definition) is 3. The topological polar surface area (TPSA) is 95.3 Å². The minimum atomic E-state index is 0. The molecule has 2 aromatic heterocycles. The first-order valence-corrected chi connectivity index (χ1v) is 10.8. The molecule has 1 fully saturated rings. The predicted octanol–water partition coefficient (Wildman–Crippen LogP) is 2.07. The van der Waals surface area contributed by atoms with Gasteiger partial charge in [-0.2, -0.15) is 5.10 Å². The van der Waals surface area contributed by atoms with Gasteiger partial charge in [-0.3, -0.25) is 9.67 Å². The van der Waals surface area contributed by atoms with Crippen LogP contribution in [0.4, 0.5) is 5.82 Å². The largest absolute Gasteiger partial charge is 0.368 e. The van der Waals surface area contributed by atoms with Gasteiger partial charge in [-0.25, -0.2) is 9.97 Å². The first-order valence-electron chi connectivity index (χ1n) is 10.8. The maximum atomic E-state index is 4.71. The van der Waals surface area contributed by atoms with Crippen LogP contribution in [-0.4, -0.2) is 76.4 Å². The summed E-state index contributed by atoms with van der Waals surface area (Å²) in [6.45, 7) is 11.2. The maximum absolute atomic E-state index is 4.71. The summed E-state index contributed by atoms with van der Waals surface area (Å²) in [6.07, 6.45) is 7.12. The molecule has 0 saturated carbocycles. The van der Waals surface area contributed by atoms with Crippen LogP contribution in [0.25, 0.3) is 11.0 Å². The van der Waals surface area contributed by atoms with Crippen molar-refractivity contribution in [2.75, 3.05) is 51.1 Å². The van der Waals surface area contributed by atoms with Crippen molar-refractivity contribution in [1.82, 2.24) is 35.3 Å². The number of guanidine groups is 1. The van der Waals surface area contributed by atoms with Crippen molar-refractivity contribution in [1.29, 1.82) is 0 Å². The van der Waals surface area contributed by atoms with Gasteiger partial charge in [-0.05, 0) is 51.7 Å². The quantitative estimate of drug-likeness (QED) is 0.198. The molecule has 0 radical (unpaired) electrons.